The summed E-state index contributed by atoms with van der Waals surface area (Å²) in [6.07, 6.45) is 0. The highest BCUT2D eigenvalue weighted by atomic mass is 79.9. The first-order chi connectivity index (χ1) is 10.1. The van der Waals surface area contributed by atoms with E-state index in [2.05, 4.69) is 40.0 Å². The topological polar surface area (TPSA) is 53.1 Å². The van der Waals surface area contributed by atoms with Gasteiger partial charge >= 0.3 is 0 Å². The highest BCUT2D eigenvalue weighted by Crippen LogP contribution is 2.30. The average Bonchev–Trinajstić information content (AvgIpc) is 2.81. The van der Waals surface area contributed by atoms with Crippen molar-refractivity contribution >= 4 is 32.9 Å². The van der Waals surface area contributed by atoms with Crippen LogP contribution in [0.3, 0.4) is 0 Å². The van der Waals surface area contributed by atoms with Gasteiger partial charge in [-0.25, -0.2) is 4.98 Å². The van der Waals surface area contributed by atoms with Gasteiger partial charge in [-0.05, 0) is 36.8 Å². The first-order valence-corrected chi connectivity index (χ1v) is 7.46. The zero-order valence-electron chi connectivity index (χ0n) is 11.9. The first kappa shape index (κ1) is 13.9. The molecule has 0 spiro atoms. The lowest BCUT2D eigenvalue weighted by Crippen LogP contribution is -2.10. The van der Waals surface area contributed by atoms with Crippen LogP contribution in [-0.2, 0) is 0 Å². The zero-order chi connectivity index (χ0) is 15.0. The van der Waals surface area contributed by atoms with Crippen LogP contribution in [0.1, 0.15) is 18.5 Å². The van der Waals surface area contributed by atoms with Gasteiger partial charge < -0.3 is 15.0 Å². The highest BCUT2D eigenvalue weighted by molar-refractivity contribution is 9.10. The number of nitrogen functional groups attached to an aromatic ring is 1. The van der Waals surface area contributed by atoms with E-state index >= 15 is 0 Å². The van der Waals surface area contributed by atoms with Gasteiger partial charge in [-0.2, -0.15) is 0 Å². The van der Waals surface area contributed by atoms with Crippen molar-refractivity contribution in [3.63, 3.8) is 0 Å². The molecule has 0 aliphatic carbocycles. The van der Waals surface area contributed by atoms with Crippen LogP contribution in [-0.4, -0.2) is 16.7 Å². The Labute approximate surface area is 131 Å². The molecule has 0 aliphatic rings. The lowest BCUT2D eigenvalue weighted by atomic mass is 10.1. The number of nitrogens with zero attached hydrogens (tertiary/aromatic N) is 2. The molecule has 2 aromatic carbocycles. The van der Waals surface area contributed by atoms with Gasteiger partial charge in [0.1, 0.15) is 5.75 Å². The number of rotatable bonds is 3. The second-order valence-corrected chi connectivity index (χ2v) is 5.84. The third-order valence-electron chi connectivity index (χ3n) is 3.64. The summed E-state index contributed by atoms with van der Waals surface area (Å²) < 4.78 is 8.33. The number of hydrogen-bond acceptors (Lipinski definition) is 3. The first-order valence-electron chi connectivity index (χ1n) is 6.67. The lowest BCUT2D eigenvalue weighted by Gasteiger charge is -2.17. The Morgan fingerprint density at radius 2 is 2.05 bits per heavy atom. The molecule has 3 aromatic rings. The number of fused-ring (bicyclic) bond motifs is 1. The molecule has 0 bridgehead atoms. The van der Waals surface area contributed by atoms with Crippen LogP contribution in [0.25, 0.3) is 11.0 Å². The van der Waals surface area contributed by atoms with E-state index in [0.717, 1.165) is 21.3 Å². The van der Waals surface area contributed by atoms with Crippen LogP contribution in [0, 0.1) is 0 Å². The summed E-state index contributed by atoms with van der Waals surface area (Å²) in [7, 11) is 1.64. The molecule has 4 nitrogen and oxygen atoms in total. The normalized spacial score (nSPS) is 12.5. The summed E-state index contributed by atoms with van der Waals surface area (Å²) in [5, 5.41) is 0. The Balaban J connectivity index is 2.13. The van der Waals surface area contributed by atoms with Crippen molar-refractivity contribution in [3.8, 4) is 5.75 Å². The Morgan fingerprint density at radius 3 is 2.76 bits per heavy atom. The summed E-state index contributed by atoms with van der Waals surface area (Å²) in [4.78, 5) is 4.44. The van der Waals surface area contributed by atoms with E-state index in [1.807, 2.05) is 34.9 Å². The van der Waals surface area contributed by atoms with E-state index in [4.69, 9.17) is 10.5 Å². The number of anilines is 1. The number of nitrogens with two attached hydrogens (primary N) is 1. The van der Waals surface area contributed by atoms with E-state index < -0.39 is 0 Å². The molecule has 1 aromatic heterocycles. The maximum atomic E-state index is 6.12. The van der Waals surface area contributed by atoms with Crippen LogP contribution < -0.4 is 10.5 Å². The Morgan fingerprint density at radius 1 is 1.24 bits per heavy atom. The van der Waals surface area contributed by atoms with Crippen molar-refractivity contribution in [2.75, 3.05) is 12.8 Å². The summed E-state index contributed by atoms with van der Waals surface area (Å²) in [5.41, 5.74) is 9.13. The largest absolute Gasteiger partial charge is 0.497 e. The molecule has 1 atom stereocenters. The number of benzene rings is 2. The monoisotopic (exact) mass is 345 g/mol. The fourth-order valence-corrected chi connectivity index (χ4v) is 2.96. The van der Waals surface area contributed by atoms with Crippen LogP contribution >= 0.6 is 15.9 Å². The molecule has 0 radical (unpaired) electrons. The molecule has 0 saturated heterocycles. The predicted molar refractivity (Wildman–Crippen MR) is 88.7 cm³/mol. The molecular weight excluding hydrogens is 330 g/mol. The molecule has 0 aliphatic heterocycles. The lowest BCUT2D eigenvalue weighted by molar-refractivity contribution is 0.415. The van der Waals surface area contributed by atoms with Gasteiger partial charge in [0.25, 0.3) is 0 Å². The summed E-state index contributed by atoms with van der Waals surface area (Å²) >= 11 is 3.51. The van der Waals surface area contributed by atoms with E-state index in [0.29, 0.717) is 5.95 Å². The minimum atomic E-state index is 0.0981. The second-order valence-electron chi connectivity index (χ2n) is 4.93. The summed E-state index contributed by atoms with van der Waals surface area (Å²) in [6.45, 7) is 2.11. The van der Waals surface area contributed by atoms with Crippen molar-refractivity contribution in [3.05, 3.63) is 52.5 Å². The Bertz CT molecular complexity index is 797. The molecule has 0 saturated carbocycles. The van der Waals surface area contributed by atoms with Gasteiger partial charge in [-0.15, -0.1) is 0 Å². The molecule has 1 heterocycles. The highest BCUT2D eigenvalue weighted by Gasteiger charge is 2.16. The van der Waals surface area contributed by atoms with E-state index in [1.54, 1.807) is 7.11 Å². The van der Waals surface area contributed by atoms with E-state index in [9.17, 15) is 0 Å². The van der Waals surface area contributed by atoms with Crippen LogP contribution in [0.15, 0.2) is 46.9 Å². The van der Waals surface area contributed by atoms with E-state index in [-0.39, 0.29) is 6.04 Å². The SMILES string of the molecule is COc1ccc2c(c1)nc(N)n2C(C)c1cccc(Br)c1. The number of methoxy groups -OCH3 is 1. The Kier molecular flexibility index (Phi) is 3.59. The quantitative estimate of drug-likeness (QED) is 0.780. The second kappa shape index (κ2) is 5.41. The van der Waals surface area contributed by atoms with Gasteiger partial charge in [0.05, 0.1) is 24.2 Å². The molecule has 108 valence electrons. The summed E-state index contributed by atoms with van der Waals surface area (Å²) in [5.74, 6) is 1.29. The van der Waals surface area contributed by atoms with Gasteiger partial charge in [-0.1, -0.05) is 28.1 Å². The molecule has 0 amide bonds. The van der Waals surface area contributed by atoms with Crippen LogP contribution in [0.2, 0.25) is 0 Å². The number of hydrogen-bond donors (Lipinski definition) is 1. The smallest absolute Gasteiger partial charge is 0.201 e. The number of ether oxygens (including phenoxy) is 1. The average molecular weight is 346 g/mol. The van der Waals surface area contributed by atoms with Crippen molar-refractivity contribution < 1.29 is 4.74 Å². The van der Waals surface area contributed by atoms with Gasteiger partial charge in [0.15, 0.2) is 0 Å². The molecule has 3 rings (SSSR count). The van der Waals surface area contributed by atoms with Gasteiger partial charge in [0.2, 0.25) is 5.95 Å². The fraction of sp³-hybridized carbons (Fsp3) is 0.188. The molecule has 21 heavy (non-hydrogen) atoms. The van der Waals surface area contributed by atoms with E-state index in [1.165, 1.54) is 5.56 Å². The van der Waals surface area contributed by atoms with Gasteiger partial charge in [0, 0.05) is 10.5 Å². The molecule has 1 unspecified atom stereocenters. The number of aromatic nitrogens is 2. The predicted octanol–water partition coefficient (Wildman–Crippen LogP) is 4.00. The molecule has 2 N–H and O–H groups in total. The number of imidazole rings is 1. The maximum Gasteiger partial charge on any atom is 0.201 e. The maximum absolute atomic E-state index is 6.12. The van der Waals surface area contributed by atoms with Crippen molar-refractivity contribution in [2.24, 2.45) is 0 Å². The number of halogens is 1. The third-order valence-corrected chi connectivity index (χ3v) is 4.14. The van der Waals surface area contributed by atoms with Crippen molar-refractivity contribution in [1.29, 1.82) is 0 Å². The molecule has 5 heteroatoms. The van der Waals surface area contributed by atoms with Crippen molar-refractivity contribution in [2.45, 2.75) is 13.0 Å². The fourth-order valence-electron chi connectivity index (χ4n) is 2.55. The third kappa shape index (κ3) is 2.49. The molecule has 0 fully saturated rings. The van der Waals surface area contributed by atoms with Crippen molar-refractivity contribution in [1.82, 2.24) is 9.55 Å². The molecular formula is C16H16BrN3O. The minimum absolute atomic E-state index is 0.0981. The Hall–Kier alpha value is -2.01. The van der Waals surface area contributed by atoms with Crippen LogP contribution in [0.4, 0.5) is 5.95 Å². The standard InChI is InChI=1S/C16H16BrN3O/c1-10(11-4-3-5-12(17)8-11)20-15-7-6-13(21-2)9-14(15)19-16(20)18/h3-10H,1-2H3,(H2,18,19). The van der Waals surface area contributed by atoms with Gasteiger partial charge in [-0.3, -0.25) is 0 Å². The minimum Gasteiger partial charge on any atom is -0.497 e. The van der Waals surface area contributed by atoms with Crippen LogP contribution in [0.5, 0.6) is 5.75 Å². The zero-order valence-corrected chi connectivity index (χ0v) is 13.5. The summed E-state index contributed by atoms with van der Waals surface area (Å²) in [6, 6.07) is 14.1.